The Morgan fingerprint density at radius 3 is 3.11 bits per heavy atom. The monoisotopic (exact) mass is 127 g/mol. The van der Waals surface area contributed by atoms with Crippen molar-refractivity contribution < 1.29 is 14.1 Å². The minimum atomic E-state index is 0.333. The van der Waals surface area contributed by atoms with Crippen molar-refractivity contribution in [2.75, 3.05) is 0 Å². The summed E-state index contributed by atoms with van der Waals surface area (Å²) in [5.41, 5.74) is 0. The number of rotatable bonds is 2. The van der Waals surface area contributed by atoms with Crippen LogP contribution < -0.4 is 4.74 Å². The summed E-state index contributed by atoms with van der Waals surface area (Å²) >= 11 is 0. The molecule has 1 aromatic heterocycles. The summed E-state index contributed by atoms with van der Waals surface area (Å²) in [5.74, 6) is 0.868. The molecular weight excluding hydrogens is 122 g/mol. The van der Waals surface area contributed by atoms with E-state index in [4.69, 9.17) is 0 Å². The normalized spacial score (nSPS) is 9.00. The molecule has 0 aliphatic rings. The van der Waals surface area contributed by atoms with Crippen LogP contribution in [0.25, 0.3) is 0 Å². The van der Waals surface area contributed by atoms with Crippen molar-refractivity contribution in [3.8, 4) is 5.75 Å². The zero-order valence-corrected chi connectivity index (χ0v) is 4.83. The molecule has 4 nitrogen and oxygen atoms in total. The van der Waals surface area contributed by atoms with E-state index in [0.717, 1.165) is 0 Å². The predicted octanol–water partition coefficient (Wildman–Crippen LogP) is 0.518. The predicted molar refractivity (Wildman–Crippen MR) is 27.9 cm³/mol. The number of hydrogen-bond acceptors (Lipinski definition) is 4. The second kappa shape index (κ2) is 2.30. The number of carbonyl (C=O) groups excluding carboxylic acids is 1. The molecule has 9 heavy (non-hydrogen) atoms. The first-order valence-electron chi connectivity index (χ1n) is 2.36. The largest absolute Gasteiger partial charge is 0.423 e. The van der Waals surface area contributed by atoms with Crippen LogP contribution in [0, 0.1) is 6.92 Å². The van der Waals surface area contributed by atoms with Gasteiger partial charge < -0.3 is 9.26 Å². The molecule has 0 radical (unpaired) electrons. The lowest BCUT2D eigenvalue weighted by molar-refractivity contribution is -0.120. The SMILES string of the molecule is Cc1oncc1OC=O. The third-order valence-electron chi connectivity index (χ3n) is 0.882. The lowest BCUT2D eigenvalue weighted by Gasteiger charge is -1.87. The summed E-state index contributed by atoms with van der Waals surface area (Å²) in [6, 6.07) is 0. The molecule has 0 fully saturated rings. The molecule has 0 saturated carbocycles. The molecule has 1 rings (SSSR count). The molecule has 1 heterocycles. The van der Waals surface area contributed by atoms with Crippen molar-refractivity contribution in [1.82, 2.24) is 5.16 Å². The standard InChI is InChI=1S/C5H5NO3/c1-4-5(8-3-7)2-6-9-4/h2-3H,1H3. The summed E-state index contributed by atoms with van der Waals surface area (Å²) in [6.45, 7) is 1.99. The molecule has 48 valence electrons. The Morgan fingerprint density at radius 2 is 2.67 bits per heavy atom. The molecule has 0 atom stereocenters. The summed E-state index contributed by atoms with van der Waals surface area (Å²) in [4.78, 5) is 9.73. The van der Waals surface area contributed by atoms with Gasteiger partial charge in [-0.15, -0.1) is 0 Å². The van der Waals surface area contributed by atoms with E-state index in [1.807, 2.05) is 0 Å². The summed E-state index contributed by atoms with van der Waals surface area (Å²) < 4.78 is 9.02. The van der Waals surface area contributed by atoms with Gasteiger partial charge in [0.05, 0.1) is 0 Å². The number of ether oxygens (including phenoxy) is 1. The smallest absolute Gasteiger partial charge is 0.298 e. The van der Waals surface area contributed by atoms with Gasteiger partial charge >= 0.3 is 0 Å². The molecule has 0 spiro atoms. The van der Waals surface area contributed by atoms with Crippen LogP contribution in [-0.2, 0) is 4.79 Å². The van der Waals surface area contributed by atoms with Crippen molar-refractivity contribution in [3.05, 3.63) is 12.0 Å². The highest BCUT2D eigenvalue weighted by Crippen LogP contribution is 2.13. The van der Waals surface area contributed by atoms with E-state index in [-0.39, 0.29) is 0 Å². The maximum atomic E-state index is 9.73. The maximum Gasteiger partial charge on any atom is 0.298 e. The fraction of sp³-hybridized carbons (Fsp3) is 0.200. The summed E-state index contributed by atoms with van der Waals surface area (Å²) in [7, 11) is 0. The Balaban J connectivity index is 2.80. The first-order chi connectivity index (χ1) is 4.34. The van der Waals surface area contributed by atoms with Gasteiger partial charge in [0.1, 0.15) is 6.20 Å². The maximum absolute atomic E-state index is 9.73. The highest BCUT2D eigenvalue weighted by molar-refractivity contribution is 5.44. The van der Waals surface area contributed by atoms with Crippen molar-refractivity contribution in [3.63, 3.8) is 0 Å². The highest BCUT2D eigenvalue weighted by atomic mass is 16.5. The lowest BCUT2D eigenvalue weighted by Crippen LogP contribution is -1.86. The molecule has 0 aliphatic heterocycles. The van der Waals surface area contributed by atoms with Gasteiger partial charge in [-0.3, -0.25) is 4.79 Å². The van der Waals surface area contributed by atoms with Crippen LogP contribution in [0.2, 0.25) is 0 Å². The molecule has 0 aliphatic carbocycles. The number of hydrogen-bond donors (Lipinski definition) is 0. The fourth-order valence-corrected chi connectivity index (χ4v) is 0.454. The Labute approximate surface area is 51.4 Å². The Kier molecular flexibility index (Phi) is 1.48. The number of nitrogens with zero attached hydrogens (tertiary/aromatic N) is 1. The molecule has 1 aromatic rings. The van der Waals surface area contributed by atoms with Crippen LogP contribution in [0.1, 0.15) is 5.76 Å². The van der Waals surface area contributed by atoms with Crippen LogP contribution in [0.4, 0.5) is 0 Å². The average Bonchev–Trinajstić information content (AvgIpc) is 2.18. The Hall–Kier alpha value is -1.32. The summed E-state index contributed by atoms with van der Waals surface area (Å²) in [5, 5.41) is 3.38. The summed E-state index contributed by atoms with van der Waals surface area (Å²) in [6.07, 6.45) is 1.34. The topological polar surface area (TPSA) is 52.3 Å². The molecule has 0 bridgehead atoms. The Morgan fingerprint density at radius 1 is 1.89 bits per heavy atom. The second-order valence-corrected chi connectivity index (χ2v) is 1.46. The van der Waals surface area contributed by atoms with Gasteiger partial charge in [0.25, 0.3) is 6.47 Å². The first-order valence-corrected chi connectivity index (χ1v) is 2.36. The van der Waals surface area contributed by atoms with Gasteiger partial charge in [0.15, 0.2) is 11.5 Å². The molecular formula is C5H5NO3. The van der Waals surface area contributed by atoms with Gasteiger partial charge in [-0.25, -0.2) is 0 Å². The lowest BCUT2D eigenvalue weighted by atomic mass is 10.5. The van der Waals surface area contributed by atoms with Gasteiger partial charge in [0, 0.05) is 6.92 Å². The molecule has 0 N–H and O–H groups in total. The van der Waals surface area contributed by atoms with E-state index in [1.165, 1.54) is 6.20 Å². The number of aromatic nitrogens is 1. The average molecular weight is 127 g/mol. The third-order valence-corrected chi connectivity index (χ3v) is 0.882. The van der Waals surface area contributed by atoms with E-state index < -0.39 is 0 Å². The zero-order chi connectivity index (χ0) is 6.69. The van der Waals surface area contributed by atoms with Crippen LogP contribution in [0.5, 0.6) is 5.75 Å². The minimum absolute atomic E-state index is 0.333. The van der Waals surface area contributed by atoms with E-state index in [0.29, 0.717) is 18.0 Å². The van der Waals surface area contributed by atoms with Gasteiger partial charge in [0.2, 0.25) is 0 Å². The van der Waals surface area contributed by atoms with Crippen LogP contribution >= 0.6 is 0 Å². The van der Waals surface area contributed by atoms with Crippen molar-refractivity contribution >= 4 is 6.47 Å². The van der Waals surface area contributed by atoms with Crippen LogP contribution in [0.15, 0.2) is 10.7 Å². The van der Waals surface area contributed by atoms with Crippen LogP contribution in [-0.4, -0.2) is 11.6 Å². The second-order valence-electron chi connectivity index (χ2n) is 1.46. The van der Waals surface area contributed by atoms with Crippen molar-refractivity contribution in [2.45, 2.75) is 6.92 Å². The molecule has 0 aromatic carbocycles. The van der Waals surface area contributed by atoms with E-state index >= 15 is 0 Å². The van der Waals surface area contributed by atoms with E-state index in [2.05, 4.69) is 14.4 Å². The van der Waals surface area contributed by atoms with Crippen LogP contribution in [0.3, 0.4) is 0 Å². The number of carbonyl (C=O) groups is 1. The van der Waals surface area contributed by atoms with Crippen molar-refractivity contribution in [2.24, 2.45) is 0 Å². The van der Waals surface area contributed by atoms with Gasteiger partial charge in [-0.1, -0.05) is 5.16 Å². The van der Waals surface area contributed by atoms with E-state index in [9.17, 15) is 4.79 Å². The molecule has 0 amide bonds. The quantitative estimate of drug-likeness (QED) is 0.543. The Bertz CT molecular complexity index is 206. The highest BCUT2D eigenvalue weighted by Gasteiger charge is 2.00. The number of aryl methyl sites for hydroxylation is 1. The minimum Gasteiger partial charge on any atom is -0.423 e. The zero-order valence-electron chi connectivity index (χ0n) is 4.83. The van der Waals surface area contributed by atoms with E-state index in [1.54, 1.807) is 6.92 Å². The van der Waals surface area contributed by atoms with Gasteiger partial charge in [-0.2, -0.15) is 0 Å². The molecule has 0 unspecified atom stereocenters. The first kappa shape index (κ1) is 5.81. The molecule has 0 saturated heterocycles. The van der Waals surface area contributed by atoms with Crippen molar-refractivity contribution in [1.29, 1.82) is 0 Å². The fourth-order valence-electron chi connectivity index (χ4n) is 0.454. The van der Waals surface area contributed by atoms with Gasteiger partial charge in [-0.05, 0) is 0 Å². The third kappa shape index (κ3) is 1.07. The molecule has 4 heteroatoms.